The predicted molar refractivity (Wildman–Crippen MR) is 114 cm³/mol. The molecule has 9 heteroatoms. The third-order valence-electron chi connectivity index (χ3n) is 5.66. The van der Waals surface area contributed by atoms with Crippen molar-refractivity contribution in [2.45, 2.75) is 37.8 Å². The Hall–Kier alpha value is -2.97. The number of nitrogens with one attached hydrogen (secondary N) is 2. The molecule has 1 aromatic carbocycles. The van der Waals surface area contributed by atoms with Crippen molar-refractivity contribution in [3.05, 3.63) is 41.2 Å². The van der Waals surface area contributed by atoms with Crippen molar-refractivity contribution < 1.29 is 9.90 Å². The van der Waals surface area contributed by atoms with E-state index >= 15 is 0 Å². The van der Waals surface area contributed by atoms with Crippen molar-refractivity contribution in [3.63, 3.8) is 0 Å². The van der Waals surface area contributed by atoms with Crippen molar-refractivity contribution in [1.82, 2.24) is 30.0 Å². The number of aryl methyl sites for hydroxylation is 1. The Morgan fingerprint density at radius 1 is 1.37 bits per heavy atom. The van der Waals surface area contributed by atoms with Crippen LogP contribution in [0.15, 0.2) is 30.6 Å². The molecule has 1 fully saturated rings. The summed E-state index contributed by atoms with van der Waals surface area (Å²) in [5.74, 6) is -0.218. The SMILES string of the molecule is Cn1nc(-c2cnc3[nH]cc(C(=O)N[C@H]4CCC[C@@H](O)C4)c3n2)c2ccc(Cl)cc21. The molecule has 154 valence electrons. The van der Waals surface area contributed by atoms with Crippen LogP contribution in [0.5, 0.6) is 0 Å². The Balaban J connectivity index is 1.51. The Kier molecular flexibility index (Phi) is 4.67. The Labute approximate surface area is 177 Å². The third kappa shape index (κ3) is 3.32. The van der Waals surface area contributed by atoms with Gasteiger partial charge in [-0.2, -0.15) is 5.10 Å². The molecule has 3 N–H and O–H groups in total. The Morgan fingerprint density at radius 3 is 3.07 bits per heavy atom. The zero-order valence-corrected chi connectivity index (χ0v) is 17.1. The maximum atomic E-state index is 12.9. The minimum atomic E-state index is -0.357. The van der Waals surface area contributed by atoms with Gasteiger partial charge in [0.15, 0.2) is 5.65 Å². The number of amides is 1. The van der Waals surface area contributed by atoms with Crippen LogP contribution in [0.4, 0.5) is 0 Å². The number of carbonyl (C=O) groups is 1. The number of carbonyl (C=O) groups excluding carboxylic acids is 1. The summed E-state index contributed by atoms with van der Waals surface area (Å²) in [4.78, 5) is 25.0. The van der Waals surface area contributed by atoms with E-state index in [1.165, 1.54) is 0 Å². The molecule has 0 unspecified atom stereocenters. The van der Waals surface area contributed by atoms with E-state index in [2.05, 4.69) is 20.4 Å². The van der Waals surface area contributed by atoms with Crippen molar-refractivity contribution in [2.75, 3.05) is 0 Å². The molecule has 2 atom stereocenters. The molecule has 1 aliphatic carbocycles. The fraction of sp³-hybridized carbons (Fsp3) is 0.333. The second kappa shape index (κ2) is 7.37. The zero-order valence-electron chi connectivity index (χ0n) is 16.4. The maximum absolute atomic E-state index is 12.9. The van der Waals surface area contributed by atoms with Crippen molar-refractivity contribution in [1.29, 1.82) is 0 Å². The van der Waals surface area contributed by atoms with Gasteiger partial charge in [-0.3, -0.25) is 9.48 Å². The molecule has 3 aromatic heterocycles. The summed E-state index contributed by atoms with van der Waals surface area (Å²) in [5.41, 5.74) is 3.62. The average Bonchev–Trinajstić information content (AvgIpc) is 3.29. The summed E-state index contributed by atoms with van der Waals surface area (Å²) >= 11 is 6.12. The number of aromatic amines is 1. The lowest BCUT2D eigenvalue weighted by Crippen LogP contribution is -2.39. The average molecular weight is 425 g/mol. The van der Waals surface area contributed by atoms with Gasteiger partial charge in [0, 0.05) is 29.7 Å². The Morgan fingerprint density at radius 2 is 2.23 bits per heavy atom. The van der Waals surface area contributed by atoms with Crippen LogP contribution >= 0.6 is 11.6 Å². The monoisotopic (exact) mass is 424 g/mol. The van der Waals surface area contributed by atoms with Crippen LogP contribution in [-0.4, -0.2) is 47.9 Å². The van der Waals surface area contributed by atoms with E-state index in [0.29, 0.717) is 39.6 Å². The molecule has 0 saturated heterocycles. The largest absolute Gasteiger partial charge is 0.393 e. The molecule has 0 spiro atoms. The molecular formula is C21H21ClN6O2. The van der Waals surface area contributed by atoms with Crippen LogP contribution in [0.1, 0.15) is 36.0 Å². The molecule has 8 nitrogen and oxygen atoms in total. The summed E-state index contributed by atoms with van der Waals surface area (Å²) in [5, 5.41) is 19.0. The van der Waals surface area contributed by atoms with Crippen LogP contribution in [0.25, 0.3) is 33.5 Å². The van der Waals surface area contributed by atoms with E-state index in [0.717, 1.165) is 30.2 Å². The quantitative estimate of drug-likeness (QED) is 0.468. The zero-order chi connectivity index (χ0) is 20.8. The number of nitrogens with zero attached hydrogens (tertiary/aromatic N) is 4. The van der Waals surface area contributed by atoms with Gasteiger partial charge in [-0.1, -0.05) is 11.6 Å². The van der Waals surface area contributed by atoms with Gasteiger partial charge in [0.1, 0.15) is 16.9 Å². The standard InChI is InChI=1S/C21H21ClN6O2/c1-28-17-7-11(22)5-6-14(17)18(27-28)16-10-24-20-19(26-16)15(9-23-20)21(30)25-12-3-2-4-13(29)8-12/h5-7,9-10,12-13,29H,2-4,8H2,1H3,(H,23,24)(H,25,30)/t12-,13+/m0/s1. The molecule has 1 aliphatic rings. The van der Waals surface area contributed by atoms with E-state index in [9.17, 15) is 9.90 Å². The molecule has 3 heterocycles. The first-order chi connectivity index (χ1) is 14.5. The Bertz CT molecular complexity index is 1260. The minimum Gasteiger partial charge on any atom is -0.393 e. The van der Waals surface area contributed by atoms with Crippen molar-refractivity contribution >= 4 is 39.6 Å². The van der Waals surface area contributed by atoms with Crippen LogP contribution in [0.3, 0.4) is 0 Å². The van der Waals surface area contributed by atoms with Crippen molar-refractivity contribution in [2.24, 2.45) is 7.05 Å². The van der Waals surface area contributed by atoms with Gasteiger partial charge in [-0.15, -0.1) is 0 Å². The van der Waals surface area contributed by atoms with Crippen LogP contribution < -0.4 is 5.32 Å². The maximum Gasteiger partial charge on any atom is 0.255 e. The lowest BCUT2D eigenvalue weighted by Gasteiger charge is -2.26. The molecule has 5 rings (SSSR count). The first kappa shape index (κ1) is 19.0. The number of aromatic nitrogens is 5. The first-order valence-electron chi connectivity index (χ1n) is 9.95. The highest BCUT2D eigenvalue weighted by atomic mass is 35.5. The second-order valence-electron chi connectivity index (χ2n) is 7.78. The molecular weight excluding hydrogens is 404 g/mol. The van der Waals surface area contributed by atoms with E-state index in [-0.39, 0.29) is 18.1 Å². The van der Waals surface area contributed by atoms with Gasteiger partial charge in [0.05, 0.1) is 23.4 Å². The van der Waals surface area contributed by atoms with Crippen LogP contribution in [0, 0.1) is 0 Å². The normalized spacial score (nSPS) is 19.4. The minimum absolute atomic E-state index is 0.0353. The van der Waals surface area contributed by atoms with Gasteiger partial charge in [-0.05, 0) is 43.9 Å². The molecule has 4 aromatic rings. The number of hydrogen-bond donors (Lipinski definition) is 3. The summed E-state index contributed by atoms with van der Waals surface area (Å²) in [6.45, 7) is 0. The number of fused-ring (bicyclic) bond motifs is 2. The number of rotatable bonds is 3. The molecule has 1 saturated carbocycles. The van der Waals surface area contributed by atoms with Gasteiger partial charge in [0.2, 0.25) is 0 Å². The predicted octanol–water partition coefficient (Wildman–Crippen LogP) is 3.20. The van der Waals surface area contributed by atoms with Gasteiger partial charge in [0.25, 0.3) is 5.91 Å². The lowest BCUT2D eigenvalue weighted by atomic mass is 9.93. The van der Waals surface area contributed by atoms with Gasteiger partial charge >= 0.3 is 0 Å². The fourth-order valence-corrected chi connectivity index (χ4v) is 4.32. The molecule has 30 heavy (non-hydrogen) atoms. The van der Waals surface area contributed by atoms with Crippen LogP contribution in [-0.2, 0) is 7.05 Å². The van der Waals surface area contributed by atoms with E-state index < -0.39 is 0 Å². The molecule has 0 aliphatic heterocycles. The first-order valence-corrected chi connectivity index (χ1v) is 10.3. The highest BCUT2D eigenvalue weighted by Crippen LogP contribution is 2.29. The van der Waals surface area contributed by atoms with Gasteiger partial charge < -0.3 is 15.4 Å². The second-order valence-corrected chi connectivity index (χ2v) is 8.22. The fourth-order valence-electron chi connectivity index (χ4n) is 4.16. The van der Waals surface area contributed by atoms with Crippen molar-refractivity contribution in [3.8, 4) is 11.4 Å². The highest BCUT2D eigenvalue weighted by Gasteiger charge is 2.24. The summed E-state index contributed by atoms with van der Waals surface area (Å²) in [6.07, 6.45) is 6.05. The number of aliphatic hydroxyl groups excluding tert-OH is 1. The molecule has 0 bridgehead atoms. The summed E-state index contributed by atoms with van der Waals surface area (Å²) in [6, 6.07) is 5.54. The molecule has 1 amide bonds. The number of H-pyrrole nitrogens is 1. The summed E-state index contributed by atoms with van der Waals surface area (Å²) in [7, 11) is 1.85. The topological polar surface area (TPSA) is 109 Å². The smallest absolute Gasteiger partial charge is 0.255 e. The summed E-state index contributed by atoms with van der Waals surface area (Å²) < 4.78 is 1.75. The number of hydrogen-bond acceptors (Lipinski definition) is 5. The number of halogens is 1. The van der Waals surface area contributed by atoms with Crippen LogP contribution in [0.2, 0.25) is 5.02 Å². The number of aliphatic hydroxyl groups is 1. The van der Waals surface area contributed by atoms with E-state index in [1.54, 1.807) is 17.1 Å². The van der Waals surface area contributed by atoms with Gasteiger partial charge in [-0.25, -0.2) is 9.97 Å². The molecule has 0 radical (unpaired) electrons. The lowest BCUT2D eigenvalue weighted by molar-refractivity contribution is 0.0851. The van der Waals surface area contributed by atoms with E-state index in [1.807, 2.05) is 25.2 Å². The number of benzene rings is 1. The van der Waals surface area contributed by atoms with E-state index in [4.69, 9.17) is 16.6 Å². The third-order valence-corrected chi connectivity index (χ3v) is 5.90. The highest BCUT2D eigenvalue weighted by molar-refractivity contribution is 6.31.